The molecule has 10 nitrogen and oxygen atoms in total. The number of hydrogen-bond donors (Lipinski definition) is 3. The van der Waals surface area contributed by atoms with E-state index in [1.165, 1.54) is 6.42 Å². The van der Waals surface area contributed by atoms with E-state index in [9.17, 15) is 24.2 Å². The molecule has 0 bridgehead atoms. The molecule has 0 spiro atoms. The molecular weight excluding hydrogens is 479 g/mol. The Kier molecular flexibility index (Phi) is 21.5. The number of carbonyl (C=O) groups excluding carboxylic acids is 2. The van der Waals surface area contributed by atoms with Gasteiger partial charge in [-0.05, 0) is 12.8 Å². The summed E-state index contributed by atoms with van der Waals surface area (Å²) in [5, 5.41) is 18.0. The van der Waals surface area contributed by atoms with Crippen LogP contribution in [0.2, 0.25) is 0 Å². The van der Waals surface area contributed by atoms with E-state index in [1.807, 2.05) is 0 Å². The highest BCUT2D eigenvalue weighted by atomic mass is 31.2. The molecule has 0 amide bonds. The second-order valence-electron chi connectivity index (χ2n) is 8.73. The average Bonchev–Trinajstić information content (AvgIpc) is 2.83. The van der Waals surface area contributed by atoms with Crippen molar-refractivity contribution in [3.05, 3.63) is 0 Å². The molecule has 35 heavy (non-hydrogen) atoms. The molecule has 0 aliphatic carbocycles. The van der Waals surface area contributed by atoms with E-state index in [0.717, 1.165) is 57.8 Å². The first kappa shape index (κ1) is 34.0. The molecule has 3 atom stereocenters. The summed E-state index contributed by atoms with van der Waals surface area (Å²) >= 11 is 0. The third kappa shape index (κ3) is 21.9. The summed E-state index contributed by atoms with van der Waals surface area (Å²) in [6.45, 7) is 2.17. The van der Waals surface area contributed by atoms with Crippen LogP contribution in [0.25, 0.3) is 0 Å². The second-order valence-corrected chi connectivity index (χ2v) is 10.2. The zero-order chi connectivity index (χ0) is 26.4. The van der Waals surface area contributed by atoms with Gasteiger partial charge in [0.1, 0.15) is 12.7 Å². The Morgan fingerprint density at radius 1 is 0.743 bits per heavy atom. The number of esters is 2. The largest absolute Gasteiger partial charge is 0.472 e. The van der Waals surface area contributed by atoms with Crippen LogP contribution < -0.4 is 0 Å². The van der Waals surface area contributed by atoms with Gasteiger partial charge in [0.25, 0.3) is 0 Å². The summed E-state index contributed by atoms with van der Waals surface area (Å²) in [5.41, 5.74) is 0. The lowest BCUT2D eigenvalue weighted by Gasteiger charge is -2.20. The molecule has 0 aliphatic rings. The van der Waals surface area contributed by atoms with Gasteiger partial charge in [0.05, 0.1) is 19.8 Å². The Morgan fingerprint density at radius 3 is 1.77 bits per heavy atom. The van der Waals surface area contributed by atoms with E-state index < -0.39 is 51.8 Å². The average molecular weight is 527 g/mol. The van der Waals surface area contributed by atoms with Crippen molar-refractivity contribution in [2.75, 3.05) is 26.4 Å². The Labute approximate surface area is 210 Å². The molecule has 1 unspecified atom stereocenters. The Hall–Kier alpha value is -1.03. The number of rotatable bonds is 24. The highest BCUT2D eigenvalue weighted by Crippen LogP contribution is 2.43. The number of phosphoric ester groups is 1. The van der Waals surface area contributed by atoms with Gasteiger partial charge < -0.3 is 24.6 Å². The number of carbonyl (C=O) groups is 2. The first-order chi connectivity index (χ1) is 16.7. The Balaban J connectivity index is 4.57. The standard InChI is InChI=1S/C24H47O10P/c1-3-5-7-9-11-13-15-23(27)31-19-22(20-33-35(29,30)32-18-21(26)17-25)34-24(28)16-14-12-10-8-6-4-2/h21-22,25-26H,3-20H2,1-2H3,(H,29,30)/t21-,22+/m0/s1. The van der Waals surface area contributed by atoms with Crippen molar-refractivity contribution in [2.45, 2.75) is 116 Å². The van der Waals surface area contributed by atoms with Crippen LogP contribution in [0.3, 0.4) is 0 Å². The molecule has 0 aliphatic heterocycles. The summed E-state index contributed by atoms with van der Waals surface area (Å²) in [4.78, 5) is 34.0. The van der Waals surface area contributed by atoms with E-state index in [2.05, 4.69) is 18.4 Å². The summed E-state index contributed by atoms with van der Waals surface area (Å²) in [5.74, 6) is -0.947. The van der Waals surface area contributed by atoms with Crippen LogP contribution in [0, 0.1) is 0 Å². The molecule has 0 aromatic rings. The number of hydrogen-bond acceptors (Lipinski definition) is 9. The molecule has 0 aromatic heterocycles. The van der Waals surface area contributed by atoms with Gasteiger partial charge in [-0.2, -0.15) is 0 Å². The fourth-order valence-electron chi connectivity index (χ4n) is 3.17. The van der Waals surface area contributed by atoms with Gasteiger partial charge in [0.15, 0.2) is 6.10 Å². The van der Waals surface area contributed by atoms with Crippen LogP contribution in [-0.2, 0) is 32.7 Å². The lowest BCUT2D eigenvalue weighted by atomic mass is 10.1. The van der Waals surface area contributed by atoms with Gasteiger partial charge >= 0.3 is 19.8 Å². The maximum absolute atomic E-state index is 12.2. The molecule has 0 aromatic carbocycles. The Bertz CT molecular complexity index is 587. The summed E-state index contributed by atoms with van der Waals surface area (Å²) in [6, 6.07) is 0. The van der Waals surface area contributed by atoms with E-state index >= 15 is 0 Å². The molecule has 0 heterocycles. The predicted octanol–water partition coefficient (Wildman–Crippen LogP) is 4.43. The fourth-order valence-corrected chi connectivity index (χ4v) is 3.96. The molecule has 0 radical (unpaired) electrons. The van der Waals surface area contributed by atoms with Crippen molar-refractivity contribution in [3.8, 4) is 0 Å². The van der Waals surface area contributed by atoms with Crippen molar-refractivity contribution in [1.82, 2.24) is 0 Å². The van der Waals surface area contributed by atoms with Gasteiger partial charge in [0.2, 0.25) is 0 Å². The zero-order valence-corrected chi connectivity index (χ0v) is 22.4. The molecule has 11 heteroatoms. The maximum atomic E-state index is 12.2. The van der Waals surface area contributed by atoms with Gasteiger partial charge in [-0.1, -0.05) is 78.1 Å². The highest BCUT2D eigenvalue weighted by molar-refractivity contribution is 7.47. The number of aliphatic hydroxyl groups excluding tert-OH is 2. The first-order valence-corrected chi connectivity index (χ1v) is 14.5. The maximum Gasteiger partial charge on any atom is 0.472 e. The summed E-state index contributed by atoms with van der Waals surface area (Å²) in [6.07, 6.45) is 10.2. The lowest BCUT2D eigenvalue weighted by molar-refractivity contribution is -0.161. The molecule has 0 saturated heterocycles. The smallest absolute Gasteiger partial charge is 0.462 e. The minimum absolute atomic E-state index is 0.185. The summed E-state index contributed by atoms with van der Waals surface area (Å²) < 4.78 is 32.0. The monoisotopic (exact) mass is 526 g/mol. The lowest BCUT2D eigenvalue weighted by Crippen LogP contribution is -2.29. The molecule has 3 N–H and O–H groups in total. The molecular formula is C24H47O10P. The van der Waals surface area contributed by atoms with Crippen molar-refractivity contribution >= 4 is 19.8 Å². The molecule has 0 rings (SSSR count). The van der Waals surface area contributed by atoms with Gasteiger partial charge in [-0.25, -0.2) is 4.57 Å². The predicted molar refractivity (Wildman–Crippen MR) is 132 cm³/mol. The van der Waals surface area contributed by atoms with Crippen molar-refractivity contribution in [3.63, 3.8) is 0 Å². The van der Waals surface area contributed by atoms with Gasteiger partial charge in [0, 0.05) is 12.8 Å². The number of ether oxygens (including phenoxy) is 2. The topological polar surface area (TPSA) is 149 Å². The third-order valence-corrected chi connectivity index (χ3v) is 6.21. The minimum atomic E-state index is -4.58. The van der Waals surface area contributed by atoms with E-state index in [0.29, 0.717) is 12.8 Å². The number of aliphatic hydroxyl groups is 2. The quantitative estimate of drug-likeness (QED) is 0.0936. The van der Waals surface area contributed by atoms with Crippen LogP contribution in [0.15, 0.2) is 0 Å². The normalized spacial score (nSPS) is 14.8. The molecule has 0 saturated carbocycles. The van der Waals surface area contributed by atoms with E-state index in [-0.39, 0.29) is 19.4 Å². The third-order valence-electron chi connectivity index (χ3n) is 5.26. The number of unbranched alkanes of at least 4 members (excludes halogenated alkanes) is 10. The second kappa shape index (κ2) is 22.2. The van der Waals surface area contributed by atoms with Crippen molar-refractivity contribution in [1.29, 1.82) is 0 Å². The van der Waals surface area contributed by atoms with Crippen molar-refractivity contribution < 1.29 is 47.8 Å². The molecule has 208 valence electrons. The van der Waals surface area contributed by atoms with Crippen LogP contribution in [0.1, 0.15) is 104 Å². The fraction of sp³-hybridized carbons (Fsp3) is 0.917. The van der Waals surface area contributed by atoms with Crippen LogP contribution >= 0.6 is 7.82 Å². The highest BCUT2D eigenvalue weighted by Gasteiger charge is 2.27. The van der Waals surface area contributed by atoms with Crippen LogP contribution in [-0.4, -0.2) is 65.7 Å². The first-order valence-electron chi connectivity index (χ1n) is 13.0. The van der Waals surface area contributed by atoms with Gasteiger partial charge in [-0.15, -0.1) is 0 Å². The SMILES string of the molecule is CCCCCCCCC(=O)OC[C@H](COP(=O)(O)OC[C@@H](O)CO)OC(=O)CCCCCCCC. The van der Waals surface area contributed by atoms with E-state index in [4.69, 9.17) is 19.1 Å². The van der Waals surface area contributed by atoms with Crippen LogP contribution in [0.5, 0.6) is 0 Å². The van der Waals surface area contributed by atoms with Crippen molar-refractivity contribution in [2.24, 2.45) is 0 Å². The zero-order valence-electron chi connectivity index (χ0n) is 21.5. The number of phosphoric acid groups is 1. The van der Waals surface area contributed by atoms with Gasteiger partial charge in [-0.3, -0.25) is 18.6 Å². The summed E-state index contributed by atoms with van der Waals surface area (Å²) in [7, 11) is -4.58. The molecule has 0 fully saturated rings. The minimum Gasteiger partial charge on any atom is -0.462 e. The Morgan fingerprint density at radius 2 is 1.23 bits per heavy atom. The van der Waals surface area contributed by atoms with E-state index in [1.54, 1.807) is 0 Å². The van der Waals surface area contributed by atoms with Crippen LogP contribution in [0.4, 0.5) is 0 Å².